The van der Waals surface area contributed by atoms with E-state index >= 15 is 0 Å². The van der Waals surface area contributed by atoms with E-state index in [-0.39, 0.29) is 5.60 Å². The van der Waals surface area contributed by atoms with Gasteiger partial charge in [0.25, 0.3) is 0 Å². The third-order valence-corrected chi connectivity index (χ3v) is 5.26. The van der Waals surface area contributed by atoms with Gasteiger partial charge in [0, 0.05) is 7.11 Å². The zero-order chi connectivity index (χ0) is 14.1. The van der Waals surface area contributed by atoms with Gasteiger partial charge in [-0.05, 0) is 32.1 Å². The molecule has 0 bridgehead atoms. The average molecular weight is 268 g/mol. The van der Waals surface area contributed by atoms with Crippen molar-refractivity contribution in [1.29, 1.82) is 0 Å². The first kappa shape index (κ1) is 17.0. The van der Waals surface area contributed by atoms with Crippen molar-refractivity contribution in [2.24, 2.45) is 11.8 Å². The number of hydrogen-bond donors (Lipinski definition) is 0. The normalized spacial score (nSPS) is 18.9. The van der Waals surface area contributed by atoms with E-state index in [9.17, 15) is 0 Å². The molecule has 1 heteroatoms. The molecule has 1 aliphatic rings. The second-order valence-electron chi connectivity index (χ2n) is 7.02. The molecule has 1 saturated carbocycles. The fraction of sp³-hybridized carbons (Fsp3) is 1.00. The molecular formula is C18H36O. The summed E-state index contributed by atoms with van der Waals surface area (Å²) < 4.78 is 5.81. The van der Waals surface area contributed by atoms with Gasteiger partial charge >= 0.3 is 0 Å². The molecule has 0 aromatic heterocycles. The zero-order valence-corrected chi connectivity index (χ0v) is 13.8. The molecule has 1 atom stereocenters. The molecule has 0 aromatic carbocycles. The number of rotatable bonds is 10. The van der Waals surface area contributed by atoms with Gasteiger partial charge in [-0.3, -0.25) is 0 Å². The van der Waals surface area contributed by atoms with Crippen LogP contribution in [0.2, 0.25) is 0 Å². The van der Waals surface area contributed by atoms with Gasteiger partial charge in [0.15, 0.2) is 0 Å². The van der Waals surface area contributed by atoms with E-state index < -0.39 is 0 Å². The summed E-state index contributed by atoms with van der Waals surface area (Å²) in [4.78, 5) is 0. The van der Waals surface area contributed by atoms with E-state index in [0.717, 1.165) is 11.8 Å². The van der Waals surface area contributed by atoms with Crippen LogP contribution in [0.5, 0.6) is 0 Å². The first-order chi connectivity index (χ1) is 9.11. The number of hydrogen-bond acceptors (Lipinski definition) is 1. The summed E-state index contributed by atoms with van der Waals surface area (Å²) in [5.41, 5.74) is 0.0679. The molecule has 1 aliphatic carbocycles. The van der Waals surface area contributed by atoms with Crippen LogP contribution in [-0.4, -0.2) is 12.7 Å². The van der Waals surface area contributed by atoms with Crippen molar-refractivity contribution in [2.75, 3.05) is 7.11 Å². The Morgan fingerprint density at radius 3 is 2.16 bits per heavy atom. The lowest BCUT2D eigenvalue weighted by Crippen LogP contribution is -2.37. The molecule has 0 aliphatic heterocycles. The topological polar surface area (TPSA) is 9.23 Å². The van der Waals surface area contributed by atoms with Crippen LogP contribution in [0.1, 0.15) is 91.4 Å². The summed E-state index contributed by atoms with van der Waals surface area (Å²) in [5, 5.41) is 0. The summed E-state index contributed by atoms with van der Waals surface area (Å²) in [6.07, 6.45) is 15.6. The van der Waals surface area contributed by atoms with Crippen molar-refractivity contribution in [2.45, 2.75) is 97.0 Å². The SMILES string of the molecule is CCCCCCCCC(C1CCCC1)C(C)(C)OC. The monoisotopic (exact) mass is 268 g/mol. The van der Waals surface area contributed by atoms with Crippen LogP contribution in [0.4, 0.5) is 0 Å². The van der Waals surface area contributed by atoms with E-state index in [1.807, 2.05) is 7.11 Å². The van der Waals surface area contributed by atoms with Crippen molar-refractivity contribution in [1.82, 2.24) is 0 Å². The first-order valence-corrected chi connectivity index (χ1v) is 8.67. The van der Waals surface area contributed by atoms with Gasteiger partial charge in [0.2, 0.25) is 0 Å². The lowest BCUT2D eigenvalue weighted by Gasteiger charge is -2.37. The minimum atomic E-state index is 0.0679. The summed E-state index contributed by atoms with van der Waals surface area (Å²) in [7, 11) is 1.89. The standard InChI is InChI=1S/C18H36O/c1-5-6-7-8-9-10-15-17(18(2,3)19-4)16-13-11-12-14-16/h16-17H,5-15H2,1-4H3. The molecule has 1 fully saturated rings. The highest BCUT2D eigenvalue weighted by molar-refractivity contribution is 4.87. The summed E-state index contributed by atoms with van der Waals surface area (Å²) >= 11 is 0. The molecule has 0 saturated heterocycles. The predicted molar refractivity (Wildman–Crippen MR) is 84.5 cm³/mol. The molecule has 0 aromatic rings. The quantitative estimate of drug-likeness (QED) is 0.444. The highest BCUT2D eigenvalue weighted by Crippen LogP contribution is 2.41. The Kier molecular flexibility index (Phi) is 8.06. The Hall–Kier alpha value is -0.0400. The van der Waals surface area contributed by atoms with Crippen LogP contribution in [-0.2, 0) is 4.74 Å². The fourth-order valence-electron chi connectivity index (χ4n) is 3.81. The molecular weight excluding hydrogens is 232 g/mol. The molecule has 1 rings (SSSR count). The predicted octanol–water partition coefficient (Wildman–Crippen LogP) is 5.97. The average Bonchev–Trinajstić information content (AvgIpc) is 2.91. The first-order valence-electron chi connectivity index (χ1n) is 8.67. The van der Waals surface area contributed by atoms with Crippen molar-refractivity contribution in [3.63, 3.8) is 0 Å². The Morgan fingerprint density at radius 2 is 1.58 bits per heavy atom. The number of ether oxygens (including phenoxy) is 1. The number of methoxy groups -OCH3 is 1. The summed E-state index contributed by atoms with van der Waals surface area (Å²) in [5.74, 6) is 1.69. The summed E-state index contributed by atoms with van der Waals surface area (Å²) in [6, 6.07) is 0. The van der Waals surface area contributed by atoms with Crippen molar-refractivity contribution >= 4 is 0 Å². The van der Waals surface area contributed by atoms with Gasteiger partial charge in [-0.1, -0.05) is 71.1 Å². The third kappa shape index (κ3) is 5.85. The van der Waals surface area contributed by atoms with Crippen LogP contribution in [0.15, 0.2) is 0 Å². The van der Waals surface area contributed by atoms with E-state index in [4.69, 9.17) is 4.74 Å². The fourth-order valence-corrected chi connectivity index (χ4v) is 3.81. The van der Waals surface area contributed by atoms with Gasteiger partial charge in [-0.15, -0.1) is 0 Å². The van der Waals surface area contributed by atoms with Gasteiger partial charge in [-0.2, -0.15) is 0 Å². The Morgan fingerprint density at radius 1 is 1.00 bits per heavy atom. The second kappa shape index (κ2) is 9.00. The maximum atomic E-state index is 5.81. The molecule has 0 heterocycles. The highest BCUT2D eigenvalue weighted by Gasteiger charge is 2.36. The molecule has 0 amide bonds. The highest BCUT2D eigenvalue weighted by atomic mass is 16.5. The zero-order valence-electron chi connectivity index (χ0n) is 13.8. The van der Waals surface area contributed by atoms with E-state index in [2.05, 4.69) is 20.8 Å². The van der Waals surface area contributed by atoms with Gasteiger partial charge in [0.1, 0.15) is 0 Å². The lowest BCUT2D eigenvalue weighted by molar-refractivity contribution is -0.0522. The van der Waals surface area contributed by atoms with Crippen molar-refractivity contribution in [3.05, 3.63) is 0 Å². The van der Waals surface area contributed by atoms with Gasteiger partial charge in [0.05, 0.1) is 5.60 Å². The van der Waals surface area contributed by atoms with Crippen LogP contribution in [0.25, 0.3) is 0 Å². The van der Waals surface area contributed by atoms with E-state index in [1.165, 1.54) is 70.6 Å². The van der Waals surface area contributed by atoms with E-state index in [1.54, 1.807) is 0 Å². The maximum absolute atomic E-state index is 5.81. The van der Waals surface area contributed by atoms with Crippen molar-refractivity contribution in [3.8, 4) is 0 Å². The third-order valence-electron chi connectivity index (χ3n) is 5.26. The van der Waals surface area contributed by atoms with Gasteiger partial charge in [-0.25, -0.2) is 0 Å². The molecule has 0 radical (unpaired) electrons. The minimum absolute atomic E-state index is 0.0679. The molecule has 1 nitrogen and oxygen atoms in total. The number of unbranched alkanes of at least 4 members (excludes halogenated alkanes) is 5. The smallest absolute Gasteiger partial charge is 0.0653 e. The summed E-state index contributed by atoms with van der Waals surface area (Å²) in [6.45, 7) is 6.89. The van der Waals surface area contributed by atoms with Crippen LogP contribution in [0.3, 0.4) is 0 Å². The largest absolute Gasteiger partial charge is 0.379 e. The molecule has 19 heavy (non-hydrogen) atoms. The van der Waals surface area contributed by atoms with Crippen LogP contribution < -0.4 is 0 Å². The second-order valence-corrected chi connectivity index (χ2v) is 7.02. The Labute approximate surface area is 121 Å². The van der Waals surface area contributed by atoms with Crippen LogP contribution >= 0.6 is 0 Å². The molecule has 1 unspecified atom stereocenters. The Balaban J connectivity index is 2.33. The van der Waals surface area contributed by atoms with E-state index in [0.29, 0.717) is 0 Å². The molecule has 0 N–H and O–H groups in total. The van der Waals surface area contributed by atoms with Crippen LogP contribution in [0, 0.1) is 11.8 Å². The molecule has 114 valence electrons. The Bertz CT molecular complexity index is 216. The van der Waals surface area contributed by atoms with Crippen molar-refractivity contribution < 1.29 is 4.74 Å². The maximum Gasteiger partial charge on any atom is 0.0653 e. The minimum Gasteiger partial charge on any atom is -0.379 e. The lowest BCUT2D eigenvalue weighted by atomic mass is 9.76. The molecule has 0 spiro atoms. The van der Waals surface area contributed by atoms with Gasteiger partial charge < -0.3 is 4.74 Å².